The van der Waals surface area contributed by atoms with E-state index in [4.69, 9.17) is 14.2 Å². The lowest BCUT2D eigenvalue weighted by Gasteiger charge is -2.35. The topological polar surface area (TPSA) is 80.5 Å². The average molecular weight is 473 g/mol. The fourth-order valence-corrected chi connectivity index (χ4v) is 4.73. The molecule has 1 aliphatic heterocycles. The first-order valence-corrected chi connectivity index (χ1v) is 11.7. The molecule has 0 spiro atoms. The van der Waals surface area contributed by atoms with Crippen LogP contribution in [0, 0.1) is 13.8 Å². The van der Waals surface area contributed by atoms with Crippen LogP contribution in [0.2, 0.25) is 0 Å². The molecule has 1 aliphatic rings. The Morgan fingerprint density at radius 3 is 2.53 bits per heavy atom. The number of nitrogens with zero attached hydrogens (tertiary/aromatic N) is 3. The van der Waals surface area contributed by atoms with Gasteiger partial charge in [0.1, 0.15) is 5.75 Å². The zero-order valence-corrected chi connectivity index (χ0v) is 20.1. The molecular weight excluding hydrogens is 448 g/mol. The second-order valence-corrected chi connectivity index (χ2v) is 9.11. The normalized spacial score (nSPS) is 16.1. The number of ether oxygens (including phenoxy) is 1. The van der Waals surface area contributed by atoms with Crippen LogP contribution in [0.1, 0.15) is 35.5 Å². The van der Waals surface area contributed by atoms with Crippen LogP contribution in [-0.2, 0) is 0 Å². The molecule has 34 heavy (non-hydrogen) atoms. The summed E-state index contributed by atoms with van der Waals surface area (Å²) < 4.78 is 11.0. The number of amides is 2. The molecule has 0 bridgehead atoms. The number of anilines is 1. The highest BCUT2D eigenvalue weighted by Crippen LogP contribution is 2.40. The number of aromatic nitrogens is 2. The number of carbonyl (C=O) groups excluding carboxylic acids is 1. The molecule has 3 heterocycles. The van der Waals surface area contributed by atoms with Gasteiger partial charge in [-0.1, -0.05) is 29.4 Å². The van der Waals surface area contributed by atoms with E-state index in [9.17, 15) is 4.79 Å². The molecule has 2 aromatic carbocycles. The monoisotopic (exact) mass is 472 g/mol. The van der Waals surface area contributed by atoms with E-state index in [1.807, 2.05) is 80.7 Å². The number of thiophene rings is 1. The Morgan fingerprint density at radius 1 is 1.06 bits per heavy atom. The molecule has 0 radical (unpaired) electrons. The summed E-state index contributed by atoms with van der Waals surface area (Å²) in [7, 11) is 1.62. The lowest BCUT2D eigenvalue weighted by atomic mass is 9.94. The maximum absolute atomic E-state index is 13.4. The van der Waals surface area contributed by atoms with E-state index < -0.39 is 6.04 Å². The summed E-state index contributed by atoms with van der Waals surface area (Å²) in [5, 5.41) is 9.31. The minimum atomic E-state index is -0.460. The molecule has 172 valence electrons. The quantitative estimate of drug-likeness (QED) is 0.378. The summed E-state index contributed by atoms with van der Waals surface area (Å²) in [5.41, 5.74) is 5.42. The Labute approximate surface area is 201 Å². The van der Waals surface area contributed by atoms with Crippen LogP contribution in [0.15, 0.2) is 70.2 Å². The highest BCUT2D eigenvalue weighted by atomic mass is 32.1. The molecule has 0 saturated heterocycles. The van der Waals surface area contributed by atoms with Crippen molar-refractivity contribution in [1.82, 2.24) is 15.5 Å². The predicted molar refractivity (Wildman–Crippen MR) is 133 cm³/mol. The van der Waals surface area contributed by atoms with Crippen molar-refractivity contribution in [3.63, 3.8) is 0 Å². The Balaban J connectivity index is 1.65. The number of nitrogens with one attached hydrogen (secondary N) is 1. The van der Waals surface area contributed by atoms with Crippen molar-refractivity contribution in [2.75, 3.05) is 12.0 Å². The number of carbonyl (C=O) groups is 1. The van der Waals surface area contributed by atoms with Crippen molar-refractivity contribution in [2.45, 2.75) is 26.8 Å². The van der Waals surface area contributed by atoms with Gasteiger partial charge in [0.15, 0.2) is 0 Å². The first kappa shape index (κ1) is 21.9. The molecule has 8 heteroatoms. The third kappa shape index (κ3) is 3.86. The van der Waals surface area contributed by atoms with E-state index in [2.05, 4.69) is 10.5 Å². The van der Waals surface area contributed by atoms with Crippen molar-refractivity contribution in [2.24, 2.45) is 0 Å². The van der Waals surface area contributed by atoms with Crippen LogP contribution in [0.25, 0.3) is 16.3 Å². The van der Waals surface area contributed by atoms with Crippen LogP contribution in [-0.4, -0.2) is 23.3 Å². The van der Waals surface area contributed by atoms with E-state index in [0.717, 1.165) is 44.3 Å². The zero-order chi connectivity index (χ0) is 23.8. The SMILES string of the molecule is COc1ccc(C2NC(=O)N(c3ccc(C)c(C)c3)C(C)=C2c2nc(-c3cccs3)no2)cc1. The molecule has 1 atom stereocenters. The summed E-state index contributed by atoms with van der Waals surface area (Å²) in [4.78, 5) is 20.6. The van der Waals surface area contributed by atoms with Gasteiger partial charge in [-0.15, -0.1) is 11.3 Å². The largest absolute Gasteiger partial charge is 0.497 e. The molecule has 0 saturated carbocycles. The van der Waals surface area contributed by atoms with Crippen LogP contribution in [0.3, 0.4) is 0 Å². The standard InChI is InChI=1S/C26H24N4O3S/c1-15-7-10-19(14-16(15)2)30-17(3)22(25-28-24(29-33-25)21-6-5-13-34-21)23(27-26(30)31)18-8-11-20(32-4)12-9-18/h5-14,23H,1-4H3,(H,27,31). The summed E-state index contributed by atoms with van der Waals surface area (Å²) in [5.74, 6) is 1.63. The Hall–Kier alpha value is -3.91. The lowest BCUT2D eigenvalue weighted by molar-refractivity contribution is 0.244. The summed E-state index contributed by atoms with van der Waals surface area (Å²) in [6, 6.07) is 16.8. The van der Waals surface area contributed by atoms with E-state index in [1.165, 1.54) is 0 Å². The molecule has 0 fully saturated rings. The number of hydrogen-bond donors (Lipinski definition) is 1. The molecule has 7 nitrogen and oxygen atoms in total. The van der Waals surface area contributed by atoms with Crippen molar-refractivity contribution in [3.05, 3.63) is 88.3 Å². The number of allylic oxidation sites excluding steroid dienone is 1. The highest BCUT2D eigenvalue weighted by Gasteiger charge is 2.36. The van der Waals surface area contributed by atoms with Crippen molar-refractivity contribution in [1.29, 1.82) is 0 Å². The third-order valence-electron chi connectivity index (χ3n) is 6.08. The van der Waals surface area contributed by atoms with Gasteiger partial charge in [0.25, 0.3) is 5.89 Å². The number of hydrogen-bond acceptors (Lipinski definition) is 6. The molecule has 1 unspecified atom stereocenters. The summed E-state index contributed by atoms with van der Waals surface area (Å²) in [6.45, 7) is 5.99. The number of urea groups is 1. The Bertz CT molecular complexity index is 1370. The van der Waals surface area contributed by atoms with E-state index >= 15 is 0 Å². The number of methoxy groups -OCH3 is 1. The van der Waals surface area contributed by atoms with Gasteiger partial charge in [-0.05, 0) is 73.2 Å². The van der Waals surface area contributed by atoms with Crippen LogP contribution in [0.5, 0.6) is 5.75 Å². The van der Waals surface area contributed by atoms with Crippen LogP contribution >= 0.6 is 11.3 Å². The first-order chi connectivity index (χ1) is 16.5. The van der Waals surface area contributed by atoms with E-state index in [0.29, 0.717) is 11.7 Å². The maximum atomic E-state index is 13.4. The van der Waals surface area contributed by atoms with Crippen molar-refractivity contribution in [3.8, 4) is 16.5 Å². The van der Waals surface area contributed by atoms with Gasteiger partial charge in [-0.2, -0.15) is 4.98 Å². The molecule has 4 aromatic rings. The number of rotatable bonds is 5. The van der Waals surface area contributed by atoms with E-state index in [-0.39, 0.29) is 6.03 Å². The van der Waals surface area contributed by atoms with Gasteiger partial charge in [-0.25, -0.2) is 4.79 Å². The van der Waals surface area contributed by atoms with Gasteiger partial charge >= 0.3 is 6.03 Å². The smallest absolute Gasteiger partial charge is 0.326 e. The van der Waals surface area contributed by atoms with Gasteiger partial charge in [-0.3, -0.25) is 4.90 Å². The van der Waals surface area contributed by atoms with Gasteiger partial charge in [0.2, 0.25) is 5.82 Å². The third-order valence-corrected chi connectivity index (χ3v) is 6.95. The number of aryl methyl sites for hydroxylation is 2. The van der Waals surface area contributed by atoms with Crippen LogP contribution < -0.4 is 15.0 Å². The highest BCUT2D eigenvalue weighted by molar-refractivity contribution is 7.13. The number of benzene rings is 2. The first-order valence-electron chi connectivity index (χ1n) is 10.9. The zero-order valence-electron chi connectivity index (χ0n) is 19.3. The van der Waals surface area contributed by atoms with E-state index in [1.54, 1.807) is 23.3 Å². The second-order valence-electron chi connectivity index (χ2n) is 8.16. The van der Waals surface area contributed by atoms with Crippen LogP contribution in [0.4, 0.5) is 10.5 Å². The van der Waals surface area contributed by atoms with Crippen molar-refractivity contribution >= 4 is 28.6 Å². The minimum Gasteiger partial charge on any atom is -0.497 e. The fraction of sp³-hybridized carbons (Fsp3) is 0.192. The van der Waals surface area contributed by atoms with Gasteiger partial charge in [0.05, 0.1) is 29.3 Å². The Kier molecular flexibility index (Phi) is 5.67. The minimum absolute atomic E-state index is 0.219. The summed E-state index contributed by atoms with van der Waals surface area (Å²) in [6.07, 6.45) is 0. The average Bonchev–Trinajstić information content (AvgIpc) is 3.53. The maximum Gasteiger partial charge on any atom is 0.326 e. The predicted octanol–water partition coefficient (Wildman–Crippen LogP) is 6.13. The molecule has 2 aromatic heterocycles. The molecule has 0 aliphatic carbocycles. The van der Waals surface area contributed by atoms with Gasteiger partial charge < -0.3 is 14.6 Å². The van der Waals surface area contributed by atoms with Crippen molar-refractivity contribution < 1.29 is 14.1 Å². The molecule has 5 rings (SSSR count). The summed E-state index contributed by atoms with van der Waals surface area (Å²) >= 11 is 1.54. The Morgan fingerprint density at radius 2 is 1.85 bits per heavy atom. The lowest BCUT2D eigenvalue weighted by Crippen LogP contribution is -2.46. The second kappa shape index (κ2) is 8.79. The molecule has 2 amide bonds. The molecular formula is C26H24N4O3S. The fourth-order valence-electron chi connectivity index (χ4n) is 4.08. The molecule has 1 N–H and O–H groups in total. The van der Waals surface area contributed by atoms with Gasteiger partial charge in [0, 0.05) is 5.70 Å².